The zero-order valence-corrected chi connectivity index (χ0v) is 14.9. The summed E-state index contributed by atoms with van der Waals surface area (Å²) in [6.07, 6.45) is 3.26. The standard InChI is InChI=1S/C19H22N4O2/c1-13-15(10-22-23(13)19(2,3)4)18(24)21-12-17-20-11-16(25-17)14-8-6-5-7-9-14/h5-11H,12H2,1-4H3,(H,21,24). The number of nitrogens with one attached hydrogen (secondary N) is 1. The zero-order chi connectivity index (χ0) is 18.0. The highest BCUT2D eigenvalue weighted by atomic mass is 16.4. The van der Waals surface area contributed by atoms with Crippen molar-refractivity contribution >= 4 is 5.91 Å². The van der Waals surface area contributed by atoms with E-state index in [2.05, 4.69) is 15.4 Å². The number of amides is 1. The highest BCUT2D eigenvalue weighted by Gasteiger charge is 2.21. The van der Waals surface area contributed by atoms with E-state index >= 15 is 0 Å². The molecule has 6 heteroatoms. The van der Waals surface area contributed by atoms with Gasteiger partial charge < -0.3 is 9.73 Å². The second-order valence-electron chi connectivity index (χ2n) is 6.89. The van der Waals surface area contributed by atoms with Crippen molar-refractivity contribution in [3.63, 3.8) is 0 Å². The number of hydrogen-bond donors (Lipinski definition) is 1. The SMILES string of the molecule is Cc1c(C(=O)NCc2ncc(-c3ccccc3)o2)cnn1C(C)(C)C. The van der Waals surface area contributed by atoms with Crippen LogP contribution in [-0.2, 0) is 12.1 Å². The van der Waals surface area contributed by atoms with Gasteiger partial charge in [-0.2, -0.15) is 5.10 Å². The largest absolute Gasteiger partial charge is 0.439 e. The lowest BCUT2D eigenvalue weighted by atomic mass is 10.1. The molecule has 2 aromatic heterocycles. The van der Waals surface area contributed by atoms with E-state index in [1.165, 1.54) is 0 Å². The molecule has 0 aliphatic carbocycles. The summed E-state index contributed by atoms with van der Waals surface area (Å²) in [6.45, 7) is 8.27. The summed E-state index contributed by atoms with van der Waals surface area (Å²) in [5.74, 6) is 0.960. The molecule has 0 saturated carbocycles. The van der Waals surface area contributed by atoms with Crippen LogP contribution in [0.5, 0.6) is 0 Å². The summed E-state index contributed by atoms with van der Waals surface area (Å²) in [4.78, 5) is 16.6. The maximum Gasteiger partial charge on any atom is 0.255 e. The van der Waals surface area contributed by atoms with Crippen LogP contribution in [0.2, 0.25) is 0 Å². The van der Waals surface area contributed by atoms with Crippen LogP contribution in [0.25, 0.3) is 11.3 Å². The molecule has 0 unspecified atom stereocenters. The van der Waals surface area contributed by atoms with Crippen LogP contribution in [0.1, 0.15) is 42.7 Å². The summed E-state index contributed by atoms with van der Waals surface area (Å²) < 4.78 is 7.55. The zero-order valence-electron chi connectivity index (χ0n) is 14.9. The smallest absolute Gasteiger partial charge is 0.255 e. The Morgan fingerprint density at radius 3 is 2.56 bits per heavy atom. The summed E-state index contributed by atoms with van der Waals surface area (Å²) >= 11 is 0. The van der Waals surface area contributed by atoms with Gasteiger partial charge in [0.1, 0.15) is 0 Å². The van der Waals surface area contributed by atoms with Crippen LogP contribution in [-0.4, -0.2) is 20.7 Å². The molecule has 0 aliphatic heterocycles. The maximum atomic E-state index is 12.4. The fourth-order valence-corrected chi connectivity index (χ4v) is 2.69. The molecule has 0 aliphatic rings. The van der Waals surface area contributed by atoms with Crippen LogP contribution >= 0.6 is 0 Å². The third-order valence-electron chi connectivity index (χ3n) is 3.90. The highest BCUT2D eigenvalue weighted by Crippen LogP contribution is 2.20. The lowest BCUT2D eigenvalue weighted by Gasteiger charge is -2.21. The summed E-state index contributed by atoms with van der Waals surface area (Å²) in [5.41, 5.74) is 2.18. The van der Waals surface area contributed by atoms with Gasteiger partial charge in [-0.15, -0.1) is 0 Å². The number of oxazole rings is 1. The number of aromatic nitrogens is 3. The Balaban J connectivity index is 1.68. The van der Waals surface area contributed by atoms with Crippen molar-refractivity contribution in [1.29, 1.82) is 0 Å². The third-order valence-corrected chi connectivity index (χ3v) is 3.90. The molecule has 1 aromatic carbocycles. The maximum absolute atomic E-state index is 12.4. The van der Waals surface area contributed by atoms with E-state index < -0.39 is 0 Å². The molecular formula is C19H22N4O2. The molecule has 0 atom stereocenters. The Hall–Kier alpha value is -2.89. The quantitative estimate of drug-likeness (QED) is 0.790. The average molecular weight is 338 g/mol. The number of rotatable bonds is 4. The molecule has 3 aromatic rings. The van der Waals surface area contributed by atoms with Gasteiger partial charge in [0.2, 0.25) is 5.89 Å². The molecule has 0 bridgehead atoms. The van der Waals surface area contributed by atoms with Crippen molar-refractivity contribution in [3.8, 4) is 11.3 Å². The first-order chi connectivity index (χ1) is 11.9. The van der Waals surface area contributed by atoms with Crippen molar-refractivity contribution in [2.45, 2.75) is 39.8 Å². The van der Waals surface area contributed by atoms with Crippen LogP contribution in [0, 0.1) is 6.92 Å². The molecule has 0 saturated heterocycles. The van der Waals surface area contributed by atoms with E-state index in [0.717, 1.165) is 11.3 Å². The number of carbonyl (C=O) groups excluding carboxylic acids is 1. The molecular weight excluding hydrogens is 316 g/mol. The molecule has 25 heavy (non-hydrogen) atoms. The predicted molar refractivity (Wildman–Crippen MR) is 95.1 cm³/mol. The Morgan fingerprint density at radius 1 is 1.20 bits per heavy atom. The molecule has 1 amide bonds. The van der Waals surface area contributed by atoms with E-state index in [-0.39, 0.29) is 18.0 Å². The van der Waals surface area contributed by atoms with Gasteiger partial charge in [-0.05, 0) is 27.7 Å². The van der Waals surface area contributed by atoms with E-state index in [9.17, 15) is 4.79 Å². The third kappa shape index (κ3) is 3.63. The Labute approximate surface area is 146 Å². The lowest BCUT2D eigenvalue weighted by Crippen LogP contribution is -2.26. The molecule has 1 N–H and O–H groups in total. The second-order valence-corrected chi connectivity index (χ2v) is 6.89. The van der Waals surface area contributed by atoms with Crippen molar-refractivity contribution in [3.05, 3.63) is 59.9 Å². The van der Waals surface area contributed by atoms with Crippen molar-refractivity contribution in [1.82, 2.24) is 20.1 Å². The molecule has 2 heterocycles. The molecule has 130 valence electrons. The van der Waals surface area contributed by atoms with E-state index in [4.69, 9.17) is 4.42 Å². The first-order valence-corrected chi connectivity index (χ1v) is 8.19. The van der Waals surface area contributed by atoms with Crippen LogP contribution in [0.15, 0.2) is 47.1 Å². The minimum absolute atomic E-state index is 0.171. The average Bonchev–Trinajstić information content (AvgIpc) is 3.19. The predicted octanol–water partition coefficient (Wildman–Crippen LogP) is 3.53. The summed E-state index contributed by atoms with van der Waals surface area (Å²) in [7, 11) is 0. The van der Waals surface area contributed by atoms with Gasteiger partial charge in [0, 0.05) is 11.3 Å². The molecule has 3 rings (SSSR count). The second kappa shape index (κ2) is 6.55. The summed E-state index contributed by atoms with van der Waals surface area (Å²) in [5, 5.41) is 7.16. The topological polar surface area (TPSA) is 73.0 Å². The summed E-state index contributed by atoms with van der Waals surface area (Å²) in [6, 6.07) is 9.73. The van der Waals surface area contributed by atoms with Crippen LogP contribution < -0.4 is 5.32 Å². The van der Waals surface area contributed by atoms with Crippen LogP contribution in [0.3, 0.4) is 0 Å². The highest BCUT2D eigenvalue weighted by molar-refractivity contribution is 5.94. The molecule has 0 radical (unpaired) electrons. The van der Waals surface area contributed by atoms with Crippen LogP contribution in [0.4, 0.5) is 0 Å². The van der Waals surface area contributed by atoms with Gasteiger partial charge >= 0.3 is 0 Å². The Morgan fingerprint density at radius 2 is 1.92 bits per heavy atom. The normalized spacial score (nSPS) is 11.5. The number of benzene rings is 1. The van der Waals surface area contributed by atoms with Gasteiger partial charge in [-0.1, -0.05) is 30.3 Å². The van der Waals surface area contributed by atoms with Crippen molar-refractivity contribution < 1.29 is 9.21 Å². The van der Waals surface area contributed by atoms with Crippen molar-refractivity contribution in [2.24, 2.45) is 0 Å². The Kier molecular flexibility index (Phi) is 4.44. The number of carbonyl (C=O) groups is 1. The fraction of sp³-hybridized carbons (Fsp3) is 0.316. The minimum Gasteiger partial charge on any atom is -0.439 e. The lowest BCUT2D eigenvalue weighted by molar-refractivity contribution is 0.0946. The van der Waals surface area contributed by atoms with Gasteiger partial charge in [-0.3, -0.25) is 9.48 Å². The molecule has 0 spiro atoms. The minimum atomic E-state index is -0.188. The number of hydrogen-bond acceptors (Lipinski definition) is 4. The van der Waals surface area contributed by atoms with E-state index in [1.54, 1.807) is 12.4 Å². The first kappa shape index (κ1) is 17.0. The molecule has 0 fully saturated rings. The van der Waals surface area contributed by atoms with E-state index in [1.807, 2.05) is 62.7 Å². The fourth-order valence-electron chi connectivity index (χ4n) is 2.69. The van der Waals surface area contributed by atoms with Gasteiger partial charge in [0.25, 0.3) is 5.91 Å². The first-order valence-electron chi connectivity index (χ1n) is 8.19. The van der Waals surface area contributed by atoms with Gasteiger partial charge in [-0.25, -0.2) is 4.98 Å². The number of nitrogens with zero attached hydrogens (tertiary/aromatic N) is 3. The molecule has 6 nitrogen and oxygen atoms in total. The van der Waals surface area contributed by atoms with E-state index in [0.29, 0.717) is 17.2 Å². The van der Waals surface area contributed by atoms with Gasteiger partial charge in [0.05, 0.1) is 30.0 Å². The Bertz CT molecular complexity index is 872. The van der Waals surface area contributed by atoms with Crippen molar-refractivity contribution in [2.75, 3.05) is 0 Å². The monoisotopic (exact) mass is 338 g/mol. The van der Waals surface area contributed by atoms with Gasteiger partial charge in [0.15, 0.2) is 5.76 Å².